The number of nitrogens with zero attached hydrogens (tertiary/aromatic N) is 3. The molecule has 1 amide bonds. The number of hydrogen-bond acceptors (Lipinski definition) is 4. The molecule has 5 nitrogen and oxygen atoms in total. The van der Waals surface area contributed by atoms with Crippen molar-refractivity contribution in [3.63, 3.8) is 0 Å². The molecule has 1 aliphatic heterocycles. The summed E-state index contributed by atoms with van der Waals surface area (Å²) >= 11 is 0. The minimum atomic E-state index is -0.532. The number of fused-ring (bicyclic) bond motifs is 1. The summed E-state index contributed by atoms with van der Waals surface area (Å²) in [4.78, 5) is 12.2. The van der Waals surface area contributed by atoms with Crippen LogP contribution in [0, 0.1) is 5.41 Å². The van der Waals surface area contributed by atoms with E-state index in [1.54, 1.807) is 5.01 Å². The molecule has 1 unspecified atom stereocenters. The maximum absolute atomic E-state index is 12.2. The van der Waals surface area contributed by atoms with Gasteiger partial charge in [-0.15, -0.1) is 5.12 Å². The van der Waals surface area contributed by atoms with E-state index in [9.17, 15) is 4.79 Å². The van der Waals surface area contributed by atoms with Gasteiger partial charge in [-0.3, -0.25) is 0 Å². The minimum Gasteiger partial charge on any atom is -0.441 e. The lowest BCUT2D eigenvalue weighted by molar-refractivity contribution is -0.0510. The van der Waals surface area contributed by atoms with Crippen molar-refractivity contribution >= 4 is 11.8 Å². The topological polar surface area (TPSA) is 45.1 Å². The van der Waals surface area contributed by atoms with Crippen molar-refractivity contribution in [1.82, 2.24) is 10.1 Å². The van der Waals surface area contributed by atoms with Crippen LogP contribution in [0.5, 0.6) is 0 Å². The molecule has 110 valence electrons. The van der Waals surface area contributed by atoms with Gasteiger partial charge in [0.2, 0.25) is 0 Å². The highest BCUT2D eigenvalue weighted by molar-refractivity contribution is 6.07. The van der Waals surface area contributed by atoms with E-state index >= 15 is 0 Å². The zero-order valence-electron chi connectivity index (χ0n) is 13.1. The molecule has 0 fully saturated rings. The molecule has 2 aliphatic rings. The zero-order chi connectivity index (χ0) is 15.1. The van der Waals surface area contributed by atoms with Crippen LogP contribution in [0.15, 0.2) is 28.9 Å². The first kappa shape index (κ1) is 14.8. The monoisotopic (exact) mass is 277 g/mol. The van der Waals surface area contributed by atoms with Crippen LogP contribution in [-0.2, 0) is 4.74 Å². The molecule has 0 N–H and O–H groups in total. The van der Waals surface area contributed by atoms with Crippen LogP contribution in [0.4, 0.5) is 4.79 Å². The van der Waals surface area contributed by atoms with E-state index in [0.717, 1.165) is 11.3 Å². The van der Waals surface area contributed by atoms with Gasteiger partial charge >= 0.3 is 6.09 Å². The van der Waals surface area contributed by atoms with Crippen molar-refractivity contribution in [2.75, 3.05) is 13.6 Å². The van der Waals surface area contributed by atoms with Gasteiger partial charge in [-0.25, -0.2) is 4.79 Å². The van der Waals surface area contributed by atoms with Crippen molar-refractivity contribution in [2.24, 2.45) is 10.5 Å². The largest absolute Gasteiger partial charge is 0.446 e. The number of hydrogen-bond donors (Lipinski definition) is 0. The van der Waals surface area contributed by atoms with Gasteiger partial charge in [-0.05, 0) is 40.2 Å². The molecule has 0 bridgehead atoms. The molecule has 0 aromatic carbocycles. The lowest BCUT2D eigenvalue weighted by atomic mass is 9.78. The zero-order valence-corrected chi connectivity index (χ0v) is 13.1. The number of allylic oxidation sites excluding steroid dienone is 3. The Labute approximate surface area is 120 Å². The lowest BCUT2D eigenvalue weighted by Gasteiger charge is -2.42. The summed E-state index contributed by atoms with van der Waals surface area (Å²) in [5, 5.41) is 7.61. The van der Waals surface area contributed by atoms with Gasteiger partial charge in [0.05, 0.1) is 5.71 Å². The minimum absolute atomic E-state index is 0.161. The summed E-state index contributed by atoms with van der Waals surface area (Å²) in [5.41, 5.74) is 1.31. The lowest BCUT2D eigenvalue weighted by Crippen LogP contribution is -2.54. The van der Waals surface area contributed by atoms with Gasteiger partial charge in [0, 0.05) is 19.0 Å². The smallest absolute Gasteiger partial charge is 0.441 e. The fourth-order valence-corrected chi connectivity index (χ4v) is 2.53. The van der Waals surface area contributed by atoms with Gasteiger partial charge < -0.3 is 4.74 Å². The summed E-state index contributed by atoms with van der Waals surface area (Å²) in [6.07, 6.45) is 5.74. The third-order valence-electron chi connectivity index (χ3n) is 3.36. The fraction of sp³-hybridized carbons (Fsp3) is 0.600. The third kappa shape index (κ3) is 2.77. The molecule has 0 aromatic rings. The highest BCUT2D eigenvalue weighted by Gasteiger charge is 2.40. The van der Waals surface area contributed by atoms with Crippen LogP contribution < -0.4 is 0 Å². The summed E-state index contributed by atoms with van der Waals surface area (Å²) in [6, 6.07) is 0. The van der Waals surface area contributed by atoms with Gasteiger partial charge in [-0.1, -0.05) is 18.2 Å². The molecular weight excluding hydrogens is 254 g/mol. The fourth-order valence-electron chi connectivity index (χ4n) is 2.53. The highest BCUT2D eigenvalue weighted by Crippen LogP contribution is 2.34. The van der Waals surface area contributed by atoms with Crippen molar-refractivity contribution < 1.29 is 9.53 Å². The molecular formula is C15H23N3O2. The molecule has 1 atom stereocenters. The first-order valence-corrected chi connectivity index (χ1v) is 6.82. The van der Waals surface area contributed by atoms with Crippen LogP contribution in [0.1, 0.15) is 34.6 Å². The predicted octanol–water partition coefficient (Wildman–Crippen LogP) is 2.96. The van der Waals surface area contributed by atoms with Crippen LogP contribution in [0.25, 0.3) is 0 Å². The molecule has 0 radical (unpaired) electrons. The number of carbonyl (C=O) groups is 1. The number of ether oxygens (including phenoxy) is 1. The Hall–Kier alpha value is -1.62. The Morgan fingerprint density at radius 2 is 2.10 bits per heavy atom. The van der Waals surface area contributed by atoms with E-state index in [2.05, 4.69) is 18.1 Å². The maximum Gasteiger partial charge on any atom is 0.446 e. The number of amides is 1. The summed E-state index contributed by atoms with van der Waals surface area (Å²) in [6.45, 7) is 10.4. The Morgan fingerprint density at radius 3 is 2.70 bits per heavy atom. The Kier molecular flexibility index (Phi) is 3.50. The second kappa shape index (κ2) is 4.74. The molecule has 0 saturated carbocycles. The quantitative estimate of drug-likeness (QED) is 0.684. The first-order chi connectivity index (χ1) is 9.12. The summed E-state index contributed by atoms with van der Waals surface area (Å²) in [5.74, 6) is 0. The Bertz CT molecular complexity index is 514. The average molecular weight is 277 g/mol. The van der Waals surface area contributed by atoms with Crippen molar-refractivity contribution in [2.45, 2.75) is 40.2 Å². The molecule has 20 heavy (non-hydrogen) atoms. The third-order valence-corrected chi connectivity index (χ3v) is 3.36. The molecule has 1 aliphatic carbocycles. The highest BCUT2D eigenvalue weighted by atomic mass is 16.6. The van der Waals surface area contributed by atoms with E-state index in [1.165, 1.54) is 5.12 Å². The Balaban J connectivity index is 2.31. The van der Waals surface area contributed by atoms with E-state index in [1.807, 2.05) is 46.9 Å². The van der Waals surface area contributed by atoms with Gasteiger partial charge in [0.1, 0.15) is 5.60 Å². The van der Waals surface area contributed by atoms with Crippen LogP contribution in [-0.4, -0.2) is 41.1 Å². The average Bonchev–Trinajstić information content (AvgIpc) is 2.24. The molecule has 2 rings (SSSR count). The standard InChI is InChI=1S/C15H23N3O2/c1-11-8-7-9-15(5)10-17(6)18(16-12(11)15)13(19)20-14(2,3)4/h7-9H,10H2,1-6H3. The molecule has 1 heterocycles. The molecule has 0 saturated heterocycles. The number of hydrazone groups is 1. The predicted molar refractivity (Wildman–Crippen MR) is 79.1 cm³/mol. The normalized spacial score (nSPS) is 26.8. The second-order valence-electron chi connectivity index (χ2n) is 6.66. The number of rotatable bonds is 0. The number of hydrazine groups is 1. The van der Waals surface area contributed by atoms with E-state index in [-0.39, 0.29) is 5.41 Å². The van der Waals surface area contributed by atoms with Gasteiger partial charge in [-0.2, -0.15) is 10.1 Å². The van der Waals surface area contributed by atoms with E-state index < -0.39 is 11.7 Å². The summed E-state index contributed by atoms with van der Waals surface area (Å²) < 4.78 is 5.40. The molecule has 0 aromatic heterocycles. The van der Waals surface area contributed by atoms with Crippen molar-refractivity contribution in [3.8, 4) is 0 Å². The Morgan fingerprint density at radius 1 is 1.45 bits per heavy atom. The number of carbonyl (C=O) groups excluding carboxylic acids is 1. The SMILES string of the molecule is CC1=CC=CC2(C)CN(C)N(C(=O)OC(C)(C)C)N=C12. The second-order valence-corrected chi connectivity index (χ2v) is 6.66. The summed E-state index contributed by atoms with van der Waals surface area (Å²) in [7, 11) is 1.84. The van der Waals surface area contributed by atoms with E-state index in [0.29, 0.717) is 6.54 Å². The van der Waals surface area contributed by atoms with E-state index in [4.69, 9.17) is 4.74 Å². The van der Waals surface area contributed by atoms with Crippen LogP contribution in [0.3, 0.4) is 0 Å². The van der Waals surface area contributed by atoms with Crippen LogP contribution >= 0.6 is 0 Å². The molecule has 5 heteroatoms. The van der Waals surface area contributed by atoms with Gasteiger partial charge in [0.25, 0.3) is 0 Å². The molecule has 0 spiro atoms. The van der Waals surface area contributed by atoms with Crippen molar-refractivity contribution in [3.05, 3.63) is 23.8 Å². The first-order valence-electron chi connectivity index (χ1n) is 6.82. The van der Waals surface area contributed by atoms with Crippen LogP contribution in [0.2, 0.25) is 0 Å². The van der Waals surface area contributed by atoms with Crippen molar-refractivity contribution in [1.29, 1.82) is 0 Å². The maximum atomic E-state index is 12.2. The van der Waals surface area contributed by atoms with Gasteiger partial charge in [0.15, 0.2) is 0 Å².